The molecular formula is C10H19NO2. The lowest BCUT2D eigenvalue weighted by Crippen LogP contribution is -2.46. The van der Waals surface area contributed by atoms with Crippen LogP contribution < -0.4 is 5.73 Å². The Kier molecular flexibility index (Phi) is 3.31. The fraction of sp³-hybridized carbons (Fsp3) is 0.900. The van der Waals surface area contributed by atoms with Crippen molar-refractivity contribution in [3.8, 4) is 0 Å². The first-order valence-electron chi connectivity index (χ1n) is 5.02. The normalized spacial score (nSPS) is 20.8. The van der Waals surface area contributed by atoms with Crippen molar-refractivity contribution in [3.05, 3.63) is 0 Å². The lowest BCUT2D eigenvalue weighted by atomic mass is 9.98. The highest BCUT2D eigenvalue weighted by molar-refractivity contribution is 5.79. The maximum Gasteiger partial charge on any atom is 0.325 e. The van der Waals surface area contributed by atoms with Gasteiger partial charge in [-0.15, -0.1) is 0 Å². The van der Waals surface area contributed by atoms with Crippen LogP contribution in [0.25, 0.3) is 0 Å². The third-order valence-corrected chi connectivity index (χ3v) is 2.38. The number of carbonyl (C=O) groups is 1. The van der Waals surface area contributed by atoms with Crippen LogP contribution in [0.3, 0.4) is 0 Å². The Morgan fingerprint density at radius 1 is 1.62 bits per heavy atom. The van der Waals surface area contributed by atoms with Gasteiger partial charge in [0.25, 0.3) is 0 Å². The molecule has 3 heteroatoms. The van der Waals surface area contributed by atoms with E-state index in [0.717, 1.165) is 6.42 Å². The van der Waals surface area contributed by atoms with Gasteiger partial charge in [-0.1, -0.05) is 13.3 Å². The Balaban J connectivity index is 2.26. The standard InChI is InChI=1S/C10H19NO2/c1-3-6-10(2,11)9(12)13-7-8-4-5-8/h8H,3-7,11H2,1-2H3. The molecule has 1 rings (SSSR count). The van der Waals surface area contributed by atoms with E-state index in [1.54, 1.807) is 6.92 Å². The van der Waals surface area contributed by atoms with E-state index in [9.17, 15) is 4.79 Å². The zero-order valence-electron chi connectivity index (χ0n) is 8.51. The summed E-state index contributed by atoms with van der Waals surface area (Å²) >= 11 is 0. The Bertz CT molecular complexity index is 185. The van der Waals surface area contributed by atoms with Crippen molar-refractivity contribution >= 4 is 5.97 Å². The molecule has 1 atom stereocenters. The fourth-order valence-electron chi connectivity index (χ4n) is 1.26. The summed E-state index contributed by atoms with van der Waals surface area (Å²) in [5.41, 5.74) is 5.01. The summed E-state index contributed by atoms with van der Waals surface area (Å²) in [5.74, 6) is 0.364. The third kappa shape index (κ3) is 3.35. The summed E-state index contributed by atoms with van der Waals surface area (Å²) < 4.78 is 5.12. The summed E-state index contributed by atoms with van der Waals surface area (Å²) in [4.78, 5) is 11.4. The minimum absolute atomic E-state index is 0.249. The number of carbonyl (C=O) groups excluding carboxylic acids is 1. The fourth-order valence-corrected chi connectivity index (χ4v) is 1.26. The molecule has 0 aromatic carbocycles. The Morgan fingerprint density at radius 2 is 2.23 bits per heavy atom. The van der Waals surface area contributed by atoms with Crippen molar-refractivity contribution in [2.24, 2.45) is 11.7 Å². The summed E-state index contributed by atoms with van der Waals surface area (Å²) in [7, 11) is 0. The van der Waals surface area contributed by atoms with Gasteiger partial charge in [0.05, 0.1) is 6.61 Å². The minimum Gasteiger partial charge on any atom is -0.464 e. The average molecular weight is 185 g/mol. The van der Waals surface area contributed by atoms with Crippen LogP contribution in [-0.2, 0) is 9.53 Å². The second-order valence-corrected chi connectivity index (χ2v) is 4.21. The van der Waals surface area contributed by atoms with Crippen LogP contribution in [0.4, 0.5) is 0 Å². The van der Waals surface area contributed by atoms with Crippen molar-refractivity contribution in [2.45, 2.75) is 45.1 Å². The van der Waals surface area contributed by atoms with Gasteiger partial charge in [0.1, 0.15) is 5.54 Å². The van der Waals surface area contributed by atoms with Gasteiger partial charge < -0.3 is 10.5 Å². The number of ether oxygens (including phenoxy) is 1. The van der Waals surface area contributed by atoms with Gasteiger partial charge >= 0.3 is 5.97 Å². The van der Waals surface area contributed by atoms with Crippen molar-refractivity contribution in [1.29, 1.82) is 0 Å². The molecule has 1 aliphatic carbocycles. The first-order chi connectivity index (χ1) is 6.06. The smallest absolute Gasteiger partial charge is 0.325 e. The highest BCUT2D eigenvalue weighted by Crippen LogP contribution is 2.29. The lowest BCUT2D eigenvalue weighted by molar-refractivity contribution is -0.150. The lowest BCUT2D eigenvalue weighted by Gasteiger charge is -2.21. The molecule has 0 bridgehead atoms. The molecule has 1 saturated carbocycles. The number of nitrogens with two attached hydrogens (primary N) is 1. The van der Waals surface area contributed by atoms with Gasteiger partial charge in [0, 0.05) is 0 Å². The molecule has 0 amide bonds. The molecule has 0 spiro atoms. The van der Waals surface area contributed by atoms with Gasteiger partial charge in [0.15, 0.2) is 0 Å². The van der Waals surface area contributed by atoms with E-state index in [0.29, 0.717) is 18.9 Å². The molecule has 0 heterocycles. The maximum atomic E-state index is 11.4. The quantitative estimate of drug-likeness (QED) is 0.660. The molecule has 0 aromatic heterocycles. The highest BCUT2D eigenvalue weighted by Gasteiger charge is 2.31. The molecular weight excluding hydrogens is 166 g/mol. The zero-order valence-corrected chi connectivity index (χ0v) is 8.51. The molecule has 1 unspecified atom stereocenters. The zero-order chi connectivity index (χ0) is 9.90. The van der Waals surface area contributed by atoms with Crippen LogP contribution in [0, 0.1) is 5.92 Å². The summed E-state index contributed by atoms with van der Waals surface area (Å²) in [6.07, 6.45) is 3.99. The van der Waals surface area contributed by atoms with Crippen LogP contribution in [0.15, 0.2) is 0 Å². The topological polar surface area (TPSA) is 52.3 Å². The first-order valence-corrected chi connectivity index (χ1v) is 5.02. The molecule has 76 valence electrons. The van der Waals surface area contributed by atoms with E-state index in [-0.39, 0.29) is 5.97 Å². The van der Waals surface area contributed by atoms with Gasteiger partial charge in [0.2, 0.25) is 0 Å². The highest BCUT2D eigenvalue weighted by atomic mass is 16.5. The second-order valence-electron chi connectivity index (χ2n) is 4.21. The van der Waals surface area contributed by atoms with Crippen LogP contribution >= 0.6 is 0 Å². The second kappa shape index (κ2) is 4.09. The largest absolute Gasteiger partial charge is 0.464 e. The number of rotatable bonds is 5. The van der Waals surface area contributed by atoms with E-state index in [1.165, 1.54) is 12.8 Å². The monoisotopic (exact) mass is 185 g/mol. The Morgan fingerprint density at radius 3 is 2.69 bits per heavy atom. The van der Waals surface area contributed by atoms with Gasteiger partial charge in [-0.3, -0.25) is 4.79 Å². The van der Waals surface area contributed by atoms with E-state index >= 15 is 0 Å². The third-order valence-electron chi connectivity index (χ3n) is 2.38. The van der Waals surface area contributed by atoms with Crippen LogP contribution in [0.1, 0.15) is 39.5 Å². The summed E-state index contributed by atoms with van der Waals surface area (Å²) in [6, 6.07) is 0. The van der Waals surface area contributed by atoms with Crippen LogP contribution in [0.5, 0.6) is 0 Å². The summed E-state index contributed by atoms with van der Waals surface area (Å²) in [5, 5.41) is 0. The minimum atomic E-state index is -0.788. The SMILES string of the molecule is CCCC(C)(N)C(=O)OCC1CC1. The Hall–Kier alpha value is -0.570. The number of hydrogen-bond donors (Lipinski definition) is 1. The average Bonchev–Trinajstić information content (AvgIpc) is 2.83. The Labute approximate surface area is 79.6 Å². The molecule has 1 aliphatic rings. The molecule has 0 aliphatic heterocycles. The number of hydrogen-bond acceptors (Lipinski definition) is 3. The van der Waals surface area contributed by atoms with E-state index < -0.39 is 5.54 Å². The van der Waals surface area contributed by atoms with Gasteiger partial charge in [-0.25, -0.2) is 0 Å². The molecule has 2 N–H and O–H groups in total. The van der Waals surface area contributed by atoms with E-state index in [1.807, 2.05) is 6.92 Å². The first kappa shape index (κ1) is 10.5. The molecule has 0 saturated heterocycles. The molecule has 13 heavy (non-hydrogen) atoms. The van der Waals surface area contributed by atoms with Crippen molar-refractivity contribution in [2.75, 3.05) is 6.61 Å². The maximum absolute atomic E-state index is 11.4. The molecule has 1 fully saturated rings. The van der Waals surface area contributed by atoms with Gasteiger partial charge in [-0.05, 0) is 32.1 Å². The molecule has 0 aromatic rings. The van der Waals surface area contributed by atoms with Crippen molar-refractivity contribution in [3.63, 3.8) is 0 Å². The molecule has 3 nitrogen and oxygen atoms in total. The van der Waals surface area contributed by atoms with E-state index in [2.05, 4.69) is 0 Å². The summed E-state index contributed by atoms with van der Waals surface area (Å²) in [6.45, 7) is 4.32. The van der Waals surface area contributed by atoms with Crippen LogP contribution in [-0.4, -0.2) is 18.1 Å². The van der Waals surface area contributed by atoms with Crippen molar-refractivity contribution < 1.29 is 9.53 Å². The van der Waals surface area contributed by atoms with Crippen molar-refractivity contribution in [1.82, 2.24) is 0 Å². The predicted octanol–water partition coefficient (Wildman–Crippen LogP) is 1.46. The van der Waals surface area contributed by atoms with E-state index in [4.69, 9.17) is 10.5 Å². The predicted molar refractivity (Wildman–Crippen MR) is 51.2 cm³/mol. The molecule has 0 radical (unpaired) electrons. The van der Waals surface area contributed by atoms with Crippen LogP contribution in [0.2, 0.25) is 0 Å². The van der Waals surface area contributed by atoms with Gasteiger partial charge in [-0.2, -0.15) is 0 Å². The number of esters is 1.